The topological polar surface area (TPSA) is 51.4 Å². The fourth-order valence-corrected chi connectivity index (χ4v) is 1.39. The average Bonchev–Trinajstić information content (AvgIpc) is 2.63. The summed E-state index contributed by atoms with van der Waals surface area (Å²) in [6.45, 7) is 6.60. The molecule has 0 unspecified atom stereocenters. The molecule has 1 heterocycles. The second-order valence-corrected chi connectivity index (χ2v) is 4.15. The van der Waals surface area contributed by atoms with Crippen LogP contribution in [-0.4, -0.2) is 35.7 Å². The SMILES string of the molecule is C=C(Cl)CN(C)Cc1nc([C@@H](C)OC)no1. The van der Waals surface area contributed by atoms with Crippen molar-refractivity contribution in [2.45, 2.75) is 19.6 Å². The molecule has 0 saturated carbocycles. The zero-order chi connectivity index (χ0) is 12.1. The van der Waals surface area contributed by atoms with Crippen LogP contribution in [0.25, 0.3) is 0 Å². The van der Waals surface area contributed by atoms with Crippen LogP contribution in [0.3, 0.4) is 0 Å². The number of likely N-dealkylation sites (N-methyl/N-ethyl adjacent to an activating group) is 1. The van der Waals surface area contributed by atoms with E-state index in [9.17, 15) is 0 Å². The number of aromatic nitrogens is 2. The number of rotatable bonds is 6. The molecular weight excluding hydrogens is 230 g/mol. The molecule has 1 rings (SSSR count). The molecule has 0 radical (unpaired) electrons. The van der Waals surface area contributed by atoms with E-state index in [0.717, 1.165) is 0 Å². The van der Waals surface area contributed by atoms with Gasteiger partial charge in [-0.3, -0.25) is 4.90 Å². The van der Waals surface area contributed by atoms with Gasteiger partial charge in [0.05, 0.1) is 6.54 Å². The molecule has 0 fully saturated rings. The van der Waals surface area contributed by atoms with E-state index in [0.29, 0.717) is 29.8 Å². The Morgan fingerprint density at radius 1 is 1.69 bits per heavy atom. The van der Waals surface area contributed by atoms with Crippen molar-refractivity contribution in [2.75, 3.05) is 20.7 Å². The number of ether oxygens (including phenoxy) is 1. The first-order valence-electron chi connectivity index (χ1n) is 4.90. The van der Waals surface area contributed by atoms with Gasteiger partial charge in [0.2, 0.25) is 5.89 Å². The Morgan fingerprint density at radius 2 is 2.38 bits per heavy atom. The van der Waals surface area contributed by atoms with E-state index in [1.165, 1.54) is 0 Å². The summed E-state index contributed by atoms with van der Waals surface area (Å²) < 4.78 is 10.2. The maximum atomic E-state index is 5.69. The third-order valence-corrected chi connectivity index (χ3v) is 2.17. The van der Waals surface area contributed by atoms with Gasteiger partial charge < -0.3 is 9.26 Å². The molecule has 0 aliphatic carbocycles. The zero-order valence-electron chi connectivity index (χ0n) is 9.73. The number of nitrogens with zero attached hydrogens (tertiary/aromatic N) is 3. The highest BCUT2D eigenvalue weighted by Gasteiger charge is 2.14. The molecular formula is C10H16ClN3O2. The minimum atomic E-state index is -0.161. The Balaban J connectivity index is 2.54. The van der Waals surface area contributed by atoms with Crippen molar-refractivity contribution in [2.24, 2.45) is 0 Å². The summed E-state index contributed by atoms with van der Waals surface area (Å²) in [5, 5.41) is 4.40. The fourth-order valence-electron chi connectivity index (χ4n) is 1.18. The Bertz CT molecular complexity index is 354. The Morgan fingerprint density at radius 3 is 2.94 bits per heavy atom. The summed E-state index contributed by atoms with van der Waals surface area (Å²) in [4.78, 5) is 6.15. The van der Waals surface area contributed by atoms with Gasteiger partial charge in [-0.2, -0.15) is 4.98 Å². The largest absolute Gasteiger partial charge is 0.374 e. The van der Waals surface area contributed by atoms with E-state index in [1.54, 1.807) is 7.11 Å². The van der Waals surface area contributed by atoms with E-state index in [2.05, 4.69) is 16.7 Å². The van der Waals surface area contributed by atoms with Crippen LogP contribution in [0.5, 0.6) is 0 Å². The molecule has 0 spiro atoms. The number of methoxy groups -OCH3 is 1. The van der Waals surface area contributed by atoms with Crippen molar-refractivity contribution in [1.29, 1.82) is 0 Å². The number of halogens is 1. The van der Waals surface area contributed by atoms with Gasteiger partial charge in [-0.15, -0.1) is 0 Å². The standard InChI is InChI=1S/C10H16ClN3O2/c1-7(11)5-14(3)6-9-12-10(13-16-9)8(2)15-4/h8H,1,5-6H2,2-4H3/t8-/m1/s1. The Kier molecular flexibility index (Phi) is 4.92. The van der Waals surface area contributed by atoms with Crippen molar-refractivity contribution >= 4 is 11.6 Å². The molecule has 16 heavy (non-hydrogen) atoms. The normalized spacial score (nSPS) is 13.1. The average molecular weight is 246 g/mol. The molecule has 1 aromatic heterocycles. The van der Waals surface area contributed by atoms with Gasteiger partial charge in [-0.1, -0.05) is 23.3 Å². The predicted octanol–water partition coefficient (Wildman–Crippen LogP) is 1.96. The Labute approximate surface area is 100 Å². The van der Waals surface area contributed by atoms with Crippen LogP contribution in [0, 0.1) is 0 Å². The van der Waals surface area contributed by atoms with Gasteiger partial charge in [0.1, 0.15) is 6.10 Å². The summed E-state index contributed by atoms with van der Waals surface area (Å²) in [5.74, 6) is 1.09. The lowest BCUT2D eigenvalue weighted by Crippen LogP contribution is -2.19. The summed E-state index contributed by atoms with van der Waals surface area (Å²) in [6.07, 6.45) is -0.161. The highest BCUT2D eigenvalue weighted by atomic mass is 35.5. The van der Waals surface area contributed by atoms with Crippen LogP contribution in [0.1, 0.15) is 24.7 Å². The molecule has 0 bridgehead atoms. The smallest absolute Gasteiger partial charge is 0.240 e. The molecule has 0 aliphatic heterocycles. The maximum absolute atomic E-state index is 5.69. The molecule has 0 N–H and O–H groups in total. The van der Waals surface area contributed by atoms with Crippen LogP contribution >= 0.6 is 11.6 Å². The summed E-state index contributed by atoms with van der Waals surface area (Å²) >= 11 is 5.69. The van der Waals surface area contributed by atoms with Crippen molar-refractivity contribution in [1.82, 2.24) is 15.0 Å². The van der Waals surface area contributed by atoms with Crippen LogP contribution in [0.2, 0.25) is 0 Å². The van der Waals surface area contributed by atoms with E-state index >= 15 is 0 Å². The minimum absolute atomic E-state index is 0.161. The van der Waals surface area contributed by atoms with Crippen LogP contribution in [0.4, 0.5) is 0 Å². The second kappa shape index (κ2) is 5.98. The van der Waals surface area contributed by atoms with Crippen molar-refractivity contribution < 1.29 is 9.26 Å². The van der Waals surface area contributed by atoms with E-state index in [4.69, 9.17) is 20.9 Å². The van der Waals surface area contributed by atoms with E-state index in [-0.39, 0.29) is 6.10 Å². The third-order valence-electron chi connectivity index (χ3n) is 2.05. The second-order valence-electron chi connectivity index (χ2n) is 3.61. The molecule has 90 valence electrons. The van der Waals surface area contributed by atoms with Crippen LogP contribution in [0.15, 0.2) is 16.1 Å². The molecule has 0 amide bonds. The molecule has 1 atom stereocenters. The first kappa shape index (κ1) is 13.2. The molecule has 5 nitrogen and oxygen atoms in total. The van der Waals surface area contributed by atoms with E-state index < -0.39 is 0 Å². The zero-order valence-corrected chi connectivity index (χ0v) is 10.5. The van der Waals surface area contributed by atoms with Gasteiger partial charge in [0, 0.05) is 18.7 Å². The minimum Gasteiger partial charge on any atom is -0.374 e. The lowest BCUT2D eigenvalue weighted by molar-refractivity contribution is 0.109. The lowest BCUT2D eigenvalue weighted by Gasteiger charge is -2.12. The van der Waals surface area contributed by atoms with Crippen molar-refractivity contribution in [3.05, 3.63) is 23.3 Å². The lowest BCUT2D eigenvalue weighted by atomic mass is 10.4. The quantitative estimate of drug-likeness (QED) is 0.767. The summed E-state index contributed by atoms with van der Waals surface area (Å²) in [6, 6.07) is 0. The highest BCUT2D eigenvalue weighted by Crippen LogP contribution is 2.12. The first-order chi connectivity index (χ1) is 7.52. The van der Waals surface area contributed by atoms with Gasteiger partial charge in [-0.05, 0) is 14.0 Å². The molecule has 0 aliphatic rings. The molecule has 0 aromatic carbocycles. The number of hydrogen-bond donors (Lipinski definition) is 0. The van der Waals surface area contributed by atoms with Gasteiger partial charge >= 0.3 is 0 Å². The fraction of sp³-hybridized carbons (Fsp3) is 0.600. The van der Waals surface area contributed by atoms with Gasteiger partial charge in [0.25, 0.3) is 0 Å². The molecule has 0 saturated heterocycles. The monoisotopic (exact) mass is 245 g/mol. The predicted molar refractivity (Wildman–Crippen MR) is 61.0 cm³/mol. The molecule has 6 heteroatoms. The number of hydrogen-bond acceptors (Lipinski definition) is 5. The van der Waals surface area contributed by atoms with Crippen LogP contribution < -0.4 is 0 Å². The summed E-state index contributed by atoms with van der Waals surface area (Å²) in [5.41, 5.74) is 0. The third kappa shape index (κ3) is 3.92. The summed E-state index contributed by atoms with van der Waals surface area (Å²) in [7, 11) is 3.50. The molecule has 1 aromatic rings. The van der Waals surface area contributed by atoms with Gasteiger partial charge in [-0.25, -0.2) is 0 Å². The Hall–Kier alpha value is -0.910. The van der Waals surface area contributed by atoms with Gasteiger partial charge in [0.15, 0.2) is 5.82 Å². The van der Waals surface area contributed by atoms with Crippen LogP contribution in [-0.2, 0) is 11.3 Å². The maximum Gasteiger partial charge on any atom is 0.240 e. The highest BCUT2D eigenvalue weighted by molar-refractivity contribution is 6.29. The van der Waals surface area contributed by atoms with E-state index in [1.807, 2.05) is 18.9 Å². The first-order valence-corrected chi connectivity index (χ1v) is 5.27. The van der Waals surface area contributed by atoms with Crippen molar-refractivity contribution in [3.8, 4) is 0 Å². The van der Waals surface area contributed by atoms with Crippen molar-refractivity contribution in [3.63, 3.8) is 0 Å².